The number of pyridine rings is 1. The van der Waals surface area contributed by atoms with Crippen molar-refractivity contribution >= 4 is 28.6 Å². The van der Waals surface area contributed by atoms with Crippen LogP contribution in [-0.4, -0.2) is 29.4 Å². The van der Waals surface area contributed by atoms with Crippen molar-refractivity contribution in [3.63, 3.8) is 0 Å². The van der Waals surface area contributed by atoms with Crippen molar-refractivity contribution in [2.24, 2.45) is 0 Å². The van der Waals surface area contributed by atoms with Crippen LogP contribution in [0.5, 0.6) is 5.75 Å². The number of benzene rings is 1. The van der Waals surface area contributed by atoms with E-state index in [1.54, 1.807) is 31.4 Å². The third-order valence-electron chi connectivity index (χ3n) is 2.43. The molecule has 1 heterocycles. The van der Waals surface area contributed by atoms with Gasteiger partial charge >= 0.3 is 5.97 Å². The van der Waals surface area contributed by atoms with Crippen molar-refractivity contribution in [1.29, 1.82) is 0 Å². The maximum absolute atomic E-state index is 11.2. The average Bonchev–Trinajstić information content (AvgIpc) is 2.36. The molecule has 0 saturated carbocycles. The Bertz CT molecular complexity index is 583. The van der Waals surface area contributed by atoms with E-state index in [4.69, 9.17) is 4.74 Å². The summed E-state index contributed by atoms with van der Waals surface area (Å²) in [6.07, 6.45) is 1.86. The highest BCUT2D eigenvalue weighted by Gasteiger charge is 2.12. The van der Waals surface area contributed by atoms with Gasteiger partial charge in [0.05, 0.1) is 23.2 Å². The van der Waals surface area contributed by atoms with Crippen LogP contribution >= 0.6 is 11.8 Å². The maximum atomic E-state index is 11.2. The first-order chi connectivity index (χ1) is 8.15. The normalized spacial score (nSPS) is 10.5. The van der Waals surface area contributed by atoms with Crippen LogP contribution in [-0.2, 0) is 0 Å². The molecule has 2 aromatic rings. The lowest BCUT2D eigenvalue weighted by Crippen LogP contribution is -2.00. The molecule has 88 valence electrons. The van der Waals surface area contributed by atoms with E-state index < -0.39 is 5.97 Å². The van der Waals surface area contributed by atoms with Gasteiger partial charge in [0.15, 0.2) is 0 Å². The Kier molecular flexibility index (Phi) is 3.19. The molecule has 17 heavy (non-hydrogen) atoms. The number of thioether (sulfide) groups is 1. The van der Waals surface area contributed by atoms with Crippen LogP contribution in [0.15, 0.2) is 29.3 Å². The average molecular weight is 249 g/mol. The fourth-order valence-electron chi connectivity index (χ4n) is 1.59. The second-order valence-electron chi connectivity index (χ2n) is 3.40. The van der Waals surface area contributed by atoms with Gasteiger partial charge in [0.25, 0.3) is 0 Å². The molecular weight excluding hydrogens is 238 g/mol. The zero-order chi connectivity index (χ0) is 12.4. The Morgan fingerprint density at radius 1 is 1.41 bits per heavy atom. The standard InChI is InChI=1S/C12H11NO3S/c1-16-7-3-4-10-8(5-7)9(12(14)15)6-11(13-10)17-2/h3-6H,1-2H3,(H,14,15). The first kappa shape index (κ1) is 11.7. The number of aromatic carboxylic acids is 1. The monoisotopic (exact) mass is 249 g/mol. The summed E-state index contributed by atoms with van der Waals surface area (Å²) in [5.41, 5.74) is 0.910. The summed E-state index contributed by atoms with van der Waals surface area (Å²) in [4.78, 5) is 15.6. The van der Waals surface area contributed by atoms with Crippen molar-refractivity contribution in [2.45, 2.75) is 5.03 Å². The predicted octanol–water partition coefficient (Wildman–Crippen LogP) is 2.66. The van der Waals surface area contributed by atoms with Gasteiger partial charge in [-0.2, -0.15) is 0 Å². The Labute approximate surface area is 103 Å². The largest absolute Gasteiger partial charge is 0.497 e. The Hall–Kier alpha value is -1.75. The first-order valence-electron chi connectivity index (χ1n) is 4.92. The molecule has 0 spiro atoms. The fraction of sp³-hybridized carbons (Fsp3) is 0.167. The number of nitrogens with zero attached hydrogens (tertiary/aromatic N) is 1. The van der Waals surface area contributed by atoms with E-state index in [-0.39, 0.29) is 5.56 Å². The van der Waals surface area contributed by atoms with Gasteiger partial charge in [-0.3, -0.25) is 0 Å². The minimum absolute atomic E-state index is 0.248. The molecule has 2 rings (SSSR count). The zero-order valence-electron chi connectivity index (χ0n) is 9.43. The van der Waals surface area contributed by atoms with Crippen LogP contribution in [0.1, 0.15) is 10.4 Å². The maximum Gasteiger partial charge on any atom is 0.336 e. The zero-order valence-corrected chi connectivity index (χ0v) is 10.2. The second-order valence-corrected chi connectivity index (χ2v) is 4.23. The van der Waals surface area contributed by atoms with Crippen molar-refractivity contribution in [3.8, 4) is 5.75 Å². The smallest absolute Gasteiger partial charge is 0.336 e. The Balaban J connectivity index is 2.77. The summed E-state index contributed by atoms with van der Waals surface area (Å²) in [7, 11) is 1.55. The highest BCUT2D eigenvalue weighted by atomic mass is 32.2. The molecule has 5 heteroatoms. The first-order valence-corrected chi connectivity index (χ1v) is 6.14. The minimum atomic E-state index is -0.957. The van der Waals surface area contributed by atoms with Crippen molar-refractivity contribution in [1.82, 2.24) is 4.98 Å². The number of fused-ring (bicyclic) bond motifs is 1. The Morgan fingerprint density at radius 2 is 2.18 bits per heavy atom. The molecule has 0 aliphatic heterocycles. The summed E-state index contributed by atoms with van der Waals surface area (Å²) < 4.78 is 5.09. The number of ether oxygens (including phenoxy) is 1. The van der Waals surface area contributed by atoms with Gasteiger partial charge in [-0.1, -0.05) is 0 Å². The van der Waals surface area contributed by atoms with Crippen LogP contribution in [0.25, 0.3) is 10.9 Å². The molecular formula is C12H11NO3S. The molecule has 1 aromatic carbocycles. The predicted molar refractivity (Wildman–Crippen MR) is 67.0 cm³/mol. The molecule has 1 aromatic heterocycles. The summed E-state index contributed by atoms with van der Waals surface area (Å²) >= 11 is 1.42. The van der Waals surface area contributed by atoms with Gasteiger partial charge in [-0.15, -0.1) is 11.8 Å². The molecule has 0 aliphatic rings. The van der Waals surface area contributed by atoms with E-state index in [1.807, 2.05) is 6.26 Å². The molecule has 0 amide bonds. The molecule has 0 bridgehead atoms. The van der Waals surface area contributed by atoms with Gasteiger partial charge in [0.1, 0.15) is 5.75 Å². The number of rotatable bonds is 3. The topological polar surface area (TPSA) is 59.4 Å². The van der Waals surface area contributed by atoms with E-state index in [2.05, 4.69) is 4.98 Å². The summed E-state index contributed by atoms with van der Waals surface area (Å²) in [5, 5.41) is 10.5. The van der Waals surface area contributed by atoms with E-state index in [0.29, 0.717) is 21.7 Å². The molecule has 0 aliphatic carbocycles. The summed E-state index contributed by atoms with van der Waals surface area (Å²) in [6, 6.07) is 6.80. The van der Waals surface area contributed by atoms with Gasteiger partial charge in [0.2, 0.25) is 0 Å². The molecule has 0 unspecified atom stereocenters. The van der Waals surface area contributed by atoms with E-state index in [1.165, 1.54) is 11.8 Å². The Morgan fingerprint density at radius 3 is 2.76 bits per heavy atom. The quantitative estimate of drug-likeness (QED) is 0.847. The van der Waals surface area contributed by atoms with Crippen molar-refractivity contribution in [3.05, 3.63) is 29.8 Å². The van der Waals surface area contributed by atoms with Crippen molar-refractivity contribution < 1.29 is 14.6 Å². The van der Waals surface area contributed by atoms with Gasteiger partial charge in [-0.25, -0.2) is 9.78 Å². The second kappa shape index (κ2) is 4.63. The summed E-state index contributed by atoms with van der Waals surface area (Å²) in [6.45, 7) is 0. The lowest BCUT2D eigenvalue weighted by atomic mass is 10.1. The number of methoxy groups -OCH3 is 1. The number of carbonyl (C=O) groups is 1. The van der Waals surface area contributed by atoms with Gasteiger partial charge in [0, 0.05) is 5.39 Å². The SMILES string of the molecule is COc1ccc2nc(SC)cc(C(=O)O)c2c1. The van der Waals surface area contributed by atoms with E-state index in [0.717, 1.165) is 0 Å². The molecule has 0 atom stereocenters. The van der Waals surface area contributed by atoms with Gasteiger partial charge in [-0.05, 0) is 30.5 Å². The molecule has 0 saturated heterocycles. The number of carboxylic acids is 1. The van der Waals surface area contributed by atoms with Crippen LogP contribution in [0.2, 0.25) is 0 Å². The molecule has 4 nitrogen and oxygen atoms in total. The lowest BCUT2D eigenvalue weighted by molar-refractivity contribution is 0.0698. The number of hydrogen-bond donors (Lipinski definition) is 1. The fourth-order valence-corrected chi connectivity index (χ4v) is 2.01. The molecule has 1 N–H and O–H groups in total. The van der Waals surface area contributed by atoms with Crippen LogP contribution in [0.4, 0.5) is 0 Å². The highest BCUT2D eigenvalue weighted by Crippen LogP contribution is 2.26. The minimum Gasteiger partial charge on any atom is -0.497 e. The third-order valence-corrected chi connectivity index (χ3v) is 3.06. The van der Waals surface area contributed by atoms with Crippen LogP contribution < -0.4 is 4.74 Å². The molecule has 0 radical (unpaired) electrons. The third kappa shape index (κ3) is 2.19. The number of hydrogen-bond acceptors (Lipinski definition) is 4. The van der Waals surface area contributed by atoms with Crippen LogP contribution in [0, 0.1) is 0 Å². The summed E-state index contributed by atoms with van der Waals surface area (Å²) in [5.74, 6) is -0.334. The van der Waals surface area contributed by atoms with E-state index >= 15 is 0 Å². The number of carboxylic acid groups (broad SMARTS) is 1. The van der Waals surface area contributed by atoms with Gasteiger partial charge < -0.3 is 9.84 Å². The van der Waals surface area contributed by atoms with E-state index in [9.17, 15) is 9.90 Å². The van der Waals surface area contributed by atoms with Crippen molar-refractivity contribution in [2.75, 3.05) is 13.4 Å². The number of aromatic nitrogens is 1. The van der Waals surface area contributed by atoms with Crippen LogP contribution in [0.3, 0.4) is 0 Å². The highest BCUT2D eigenvalue weighted by molar-refractivity contribution is 7.98. The molecule has 0 fully saturated rings. The lowest BCUT2D eigenvalue weighted by Gasteiger charge is -2.06.